The van der Waals surface area contributed by atoms with Crippen molar-refractivity contribution < 1.29 is 23.1 Å². The number of anilines is 1. The van der Waals surface area contributed by atoms with Crippen LogP contribution in [0.3, 0.4) is 0 Å². The Kier molecular flexibility index (Phi) is 6.20. The van der Waals surface area contributed by atoms with E-state index < -0.39 is 30.1 Å². The topological polar surface area (TPSA) is 55.4 Å². The van der Waals surface area contributed by atoms with E-state index in [1.807, 2.05) is 0 Å². The first-order valence-corrected chi connectivity index (χ1v) is 7.58. The van der Waals surface area contributed by atoms with Gasteiger partial charge in [0.2, 0.25) is 0 Å². The Morgan fingerprint density at radius 3 is 2.71 bits per heavy atom. The first-order chi connectivity index (χ1) is 11.4. The molecule has 0 radical (unpaired) electrons. The van der Waals surface area contributed by atoms with Gasteiger partial charge >= 0.3 is 5.97 Å². The van der Waals surface area contributed by atoms with Crippen LogP contribution in [0.25, 0.3) is 6.08 Å². The van der Waals surface area contributed by atoms with Crippen molar-refractivity contribution >= 4 is 39.6 Å². The highest BCUT2D eigenvalue weighted by atomic mass is 79.9. The van der Waals surface area contributed by atoms with Crippen molar-refractivity contribution in [2.75, 3.05) is 11.9 Å². The van der Waals surface area contributed by atoms with Gasteiger partial charge in [-0.1, -0.05) is 22.0 Å². The van der Waals surface area contributed by atoms with Crippen LogP contribution in [0, 0.1) is 11.6 Å². The molecule has 0 saturated heterocycles. The number of amides is 1. The zero-order valence-electron chi connectivity index (χ0n) is 12.3. The van der Waals surface area contributed by atoms with Crippen LogP contribution in [0.2, 0.25) is 0 Å². The summed E-state index contributed by atoms with van der Waals surface area (Å²) in [5, 5.41) is 2.38. The molecule has 0 fully saturated rings. The van der Waals surface area contributed by atoms with Gasteiger partial charge in [-0.2, -0.15) is 0 Å². The summed E-state index contributed by atoms with van der Waals surface area (Å²) in [6.07, 6.45) is 2.26. The van der Waals surface area contributed by atoms with Crippen LogP contribution < -0.4 is 5.32 Å². The van der Waals surface area contributed by atoms with Crippen LogP contribution in [0.1, 0.15) is 5.56 Å². The average molecular weight is 396 g/mol. The lowest BCUT2D eigenvalue weighted by atomic mass is 10.2. The summed E-state index contributed by atoms with van der Waals surface area (Å²) >= 11 is 3.19. The highest BCUT2D eigenvalue weighted by molar-refractivity contribution is 9.10. The standard InChI is InChI=1S/C17H12BrF2NO3/c18-12-5-6-15(20)11(8-12)4-7-17(23)24-10-16(22)21-14-3-1-2-13(19)9-14/h1-9H,10H2,(H,21,22)/b7-4+. The van der Waals surface area contributed by atoms with Gasteiger partial charge in [0.1, 0.15) is 11.6 Å². The number of hydrogen-bond acceptors (Lipinski definition) is 3. The summed E-state index contributed by atoms with van der Waals surface area (Å²) in [5.74, 6) is -2.41. The zero-order valence-corrected chi connectivity index (χ0v) is 13.8. The average Bonchev–Trinajstić information content (AvgIpc) is 2.54. The molecule has 2 aromatic rings. The summed E-state index contributed by atoms with van der Waals surface area (Å²) in [6, 6.07) is 9.58. The van der Waals surface area contributed by atoms with Crippen LogP contribution in [0.5, 0.6) is 0 Å². The van der Waals surface area contributed by atoms with Gasteiger partial charge in [0.15, 0.2) is 6.61 Å². The normalized spacial score (nSPS) is 10.6. The SMILES string of the molecule is O=C(COC(=O)/C=C/c1cc(Br)ccc1F)Nc1cccc(F)c1. The molecule has 0 aliphatic rings. The van der Waals surface area contributed by atoms with Crippen molar-refractivity contribution in [3.63, 3.8) is 0 Å². The fraction of sp³-hybridized carbons (Fsp3) is 0.0588. The highest BCUT2D eigenvalue weighted by Crippen LogP contribution is 2.16. The molecule has 0 unspecified atom stereocenters. The van der Waals surface area contributed by atoms with Crippen molar-refractivity contribution in [3.05, 3.63) is 70.2 Å². The lowest BCUT2D eigenvalue weighted by molar-refractivity contribution is -0.142. The Labute approximate surface area is 145 Å². The van der Waals surface area contributed by atoms with Gasteiger partial charge < -0.3 is 10.1 Å². The Balaban J connectivity index is 1.85. The number of ether oxygens (including phenoxy) is 1. The Morgan fingerprint density at radius 2 is 1.96 bits per heavy atom. The minimum absolute atomic E-state index is 0.200. The van der Waals surface area contributed by atoms with Gasteiger partial charge in [-0.15, -0.1) is 0 Å². The predicted octanol–water partition coefficient (Wildman–Crippen LogP) is 3.92. The molecule has 0 spiro atoms. The molecule has 2 aromatic carbocycles. The molecule has 0 saturated carbocycles. The predicted molar refractivity (Wildman–Crippen MR) is 89.1 cm³/mol. The lowest BCUT2D eigenvalue weighted by Crippen LogP contribution is -2.20. The van der Waals surface area contributed by atoms with Crippen LogP contribution >= 0.6 is 15.9 Å². The summed E-state index contributed by atoms with van der Waals surface area (Å²) in [4.78, 5) is 23.1. The van der Waals surface area contributed by atoms with Gasteiger partial charge in [-0.05, 0) is 42.5 Å². The lowest BCUT2D eigenvalue weighted by Gasteiger charge is -2.05. The van der Waals surface area contributed by atoms with E-state index in [9.17, 15) is 18.4 Å². The first-order valence-electron chi connectivity index (χ1n) is 6.79. The fourth-order valence-electron chi connectivity index (χ4n) is 1.75. The molecule has 0 bridgehead atoms. The van der Waals surface area contributed by atoms with E-state index in [-0.39, 0.29) is 11.3 Å². The number of nitrogens with one attached hydrogen (secondary N) is 1. The molecule has 2 rings (SSSR count). The summed E-state index contributed by atoms with van der Waals surface area (Å²) < 4.78 is 31.9. The minimum atomic E-state index is -0.802. The largest absolute Gasteiger partial charge is 0.452 e. The van der Waals surface area contributed by atoms with Gasteiger partial charge in [0.05, 0.1) is 0 Å². The summed E-state index contributed by atoms with van der Waals surface area (Å²) in [6.45, 7) is -0.541. The summed E-state index contributed by atoms with van der Waals surface area (Å²) in [7, 11) is 0. The van der Waals surface area contributed by atoms with Crippen LogP contribution in [0.15, 0.2) is 53.0 Å². The van der Waals surface area contributed by atoms with E-state index in [1.165, 1.54) is 42.5 Å². The van der Waals surface area contributed by atoms with Crippen molar-refractivity contribution in [2.45, 2.75) is 0 Å². The smallest absolute Gasteiger partial charge is 0.331 e. The molecule has 124 valence electrons. The quantitative estimate of drug-likeness (QED) is 0.616. The maximum absolute atomic E-state index is 13.5. The van der Waals surface area contributed by atoms with Gasteiger partial charge in [-0.3, -0.25) is 4.79 Å². The highest BCUT2D eigenvalue weighted by Gasteiger charge is 2.07. The zero-order chi connectivity index (χ0) is 17.5. The van der Waals surface area contributed by atoms with Crippen molar-refractivity contribution in [1.82, 2.24) is 0 Å². The second-order valence-corrected chi connectivity index (χ2v) is 5.58. The summed E-state index contributed by atoms with van der Waals surface area (Å²) in [5.41, 5.74) is 0.452. The Morgan fingerprint density at radius 1 is 1.17 bits per heavy atom. The van der Waals surface area contributed by atoms with E-state index in [2.05, 4.69) is 21.2 Å². The number of rotatable bonds is 5. The molecule has 1 amide bonds. The van der Waals surface area contributed by atoms with Crippen molar-refractivity contribution in [3.8, 4) is 0 Å². The van der Waals surface area contributed by atoms with Crippen molar-refractivity contribution in [1.29, 1.82) is 0 Å². The second kappa shape index (κ2) is 8.35. The van der Waals surface area contributed by atoms with Crippen LogP contribution in [-0.4, -0.2) is 18.5 Å². The molecule has 0 heterocycles. The van der Waals surface area contributed by atoms with E-state index in [0.29, 0.717) is 4.47 Å². The molecule has 7 heteroatoms. The molecule has 0 aliphatic heterocycles. The second-order valence-electron chi connectivity index (χ2n) is 4.67. The van der Waals surface area contributed by atoms with Crippen LogP contribution in [0.4, 0.5) is 14.5 Å². The molecule has 0 atom stereocenters. The maximum Gasteiger partial charge on any atom is 0.331 e. The van der Waals surface area contributed by atoms with E-state index >= 15 is 0 Å². The monoisotopic (exact) mass is 395 g/mol. The molecule has 0 aromatic heterocycles. The number of esters is 1. The number of benzene rings is 2. The molecule has 1 N–H and O–H groups in total. The Bertz CT molecular complexity index is 793. The van der Waals surface area contributed by atoms with E-state index in [0.717, 1.165) is 12.1 Å². The third-order valence-electron chi connectivity index (χ3n) is 2.81. The number of halogens is 3. The van der Waals surface area contributed by atoms with Gasteiger partial charge in [0, 0.05) is 21.8 Å². The molecule has 0 aliphatic carbocycles. The number of carbonyl (C=O) groups is 2. The number of hydrogen-bond donors (Lipinski definition) is 1. The van der Waals surface area contributed by atoms with Gasteiger partial charge in [-0.25, -0.2) is 13.6 Å². The van der Waals surface area contributed by atoms with E-state index in [4.69, 9.17) is 4.74 Å². The maximum atomic E-state index is 13.5. The van der Waals surface area contributed by atoms with E-state index in [1.54, 1.807) is 0 Å². The Hall–Kier alpha value is -2.54. The van der Waals surface area contributed by atoms with Crippen molar-refractivity contribution in [2.24, 2.45) is 0 Å². The van der Waals surface area contributed by atoms with Crippen LogP contribution in [-0.2, 0) is 14.3 Å². The minimum Gasteiger partial charge on any atom is -0.452 e. The molecule has 4 nitrogen and oxygen atoms in total. The fourth-order valence-corrected chi connectivity index (χ4v) is 2.13. The number of carbonyl (C=O) groups excluding carboxylic acids is 2. The third-order valence-corrected chi connectivity index (χ3v) is 3.30. The molecular formula is C17H12BrF2NO3. The molecule has 24 heavy (non-hydrogen) atoms. The third kappa shape index (κ3) is 5.58. The first kappa shape index (κ1) is 17.8. The molecular weight excluding hydrogens is 384 g/mol. The van der Waals surface area contributed by atoms with Gasteiger partial charge in [0.25, 0.3) is 5.91 Å².